The molecule has 106 valence electrons. The number of aromatic hydroxyl groups is 1. The largest absolute Gasteiger partial charge is 0.508 e. The fraction of sp³-hybridized carbons (Fsp3) is 0.538. The molecule has 1 heterocycles. The van der Waals surface area contributed by atoms with E-state index < -0.39 is 24.1 Å². The lowest BCUT2D eigenvalue weighted by molar-refractivity contribution is -0.275. The predicted octanol–water partition coefficient (Wildman–Crippen LogP) is -0.00980. The number of ether oxygens (including phenoxy) is 2. The summed E-state index contributed by atoms with van der Waals surface area (Å²) in [6.45, 7) is 1.35. The van der Waals surface area contributed by atoms with Crippen LogP contribution in [-0.2, 0) is 4.74 Å². The highest BCUT2D eigenvalue weighted by molar-refractivity contribution is 5.30. The number of hydrogen-bond donors (Lipinski definition) is 4. The molecule has 6 nitrogen and oxygen atoms in total. The van der Waals surface area contributed by atoms with Crippen LogP contribution in [-0.4, -0.2) is 51.1 Å². The van der Waals surface area contributed by atoms with E-state index in [4.69, 9.17) is 14.6 Å². The Morgan fingerprint density at radius 1 is 1.32 bits per heavy atom. The molecule has 6 heteroatoms. The molecule has 19 heavy (non-hydrogen) atoms. The van der Waals surface area contributed by atoms with Crippen LogP contribution in [0.2, 0.25) is 0 Å². The van der Waals surface area contributed by atoms with Crippen molar-refractivity contribution in [3.63, 3.8) is 0 Å². The highest BCUT2D eigenvalue weighted by Crippen LogP contribution is 2.30. The Morgan fingerprint density at radius 3 is 2.53 bits per heavy atom. The molecule has 1 aromatic carbocycles. The molecular weight excluding hydrogens is 252 g/mol. The van der Waals surface area contributed by atoms with Crippen LogP contribution < -0.4 is 4.74 Å². The van der Waals surface area contributed by atoms with Crippen molar-refractivity contribution >= 4 is 0 Å². The molecule has 1 saturated heterocycles. The van der Waals surface area contributed by atoms with Gasteiger partial charge in [0, 0.05) is 6.42 Å². The van der Waals surface area contributed by atoms with E-state index in [9.17, 15) is 15.3 Å². The highest BCUT2D eigenvalue weighted by atomic mass is 16.7. The summed E-state index contributed by atoms with van der Waals surface area (Å²) in [7, 11) is 0. The second-order valence-electron chi connectivity index (χ2n) is 4.97. The lowest BCUT2D eigenvalue weighted by Gasteiger charge is -2.42. The molecule has 3 unspecified atom stereocenters. The quantitative estimate of drug-likeness (QED) is 0.616. The highest BCUT2D eigenvalue weighted by Gasteiger charge is 2.44. The van der Waals surface area contributed by atoms with E-state index in [2.05, 4.69) is 0 Å². The molecule has 0 bridgehead atoms. The molecule has 4 atom stereocenters. The second kappa shape index (κ2) is 5.34. The zero-order chi connectivity index (χ0) is 14.0. The average molecular weight is 270 g/mol. The molecule has 4 N–H and O–H groups in total. The molecule has 0 spiro atoms. The van der Waals surface area contributed by atoms with Gasteiger partial charge in [-0.15, -0.1) is 0 Å². The van der Waals surface area contributed by atoms with E-state index >= 15 is 0 Å². The maximum absolute atomic E-state index is 9.85. The van der Waals surface area contributed by atoms with Gasteiger partial charge in [0.05, 0.1) is 18.3 Å². The molecular formula is C13H18O6. The molecule has 0 radical (unpaired) electrons. The summed E-state index contributed by atoms with van der Waals surface area (Å²) in [5.74, 6) is 0.480. The van der Waals surface area contributed by atoms with E-state index in [0.29, 0.717) is 5.75 Å². The van der Waals surface area contributed by atoms with Crippen LogP contribution >= 0.6 is 0 Å². The number of aliphatic hydroxyl groups excluding tert-OH is 3. The van der Waals surface area contributed by atoms with Gasteiger partial charge in [-0.25, -0.2) is 0 Å². The van der Waals surface area contributed by atoms with E-state index in [-0.39, 0.29) is 18.8 Å². The summed E-state index contributed by atoms with van der Waals surface area (Å²) >= 11 is 0. The van der Waals surface area contributed by atoms with Crippen molar-refractivity contribution in [2.75, 3.05) is 6.61 Å². The van der Waals surface area contributed by atoms with Crippen LogP contribution in [0.5, 0.6) is 11.5 Å². The smallest absolute Gasteiger partial charge is 0.229 e. The molecule has 2 rings (SSSR count). The van der Waals surface area contributed by atoms with Gasteiger partial charge in [0.15, 0.2) is 0 Å². The Bertz CT molecular complexity index is 420. The topological polar surface area (TPSA) is 99.4 Å². The van der Waals surface area contributed by atoms with Crippen LogP contribution in [0.3, 0.4) is 0 Å². The van der Waals surface area contributed by atoms with E-state index in [1.807, 2.05) is 0 Å². The Labute approximate surface area is 110 Å². The van der Waals surface area contributed by atoms with E-state index in [1.54, 1.807) is 6.92 Å². The van der Waals surface area contributed by atoms with Crippen molar-refractivity contribution in [1.29, 1.82) is 0 Å². The second-order valence-corrected chi connectivity index (χ2v) is 4.97. The van der Waals surface area contributed by atoms with Gasteiger partial charge in [0.2, 0.25) is 6.29 Å². The van der Waals surface area contributed by atoms with Crippen molar-refractivity contribution in [2.45, 2.75) is 37.4 Å². The summed E-state index contributed by atoms with van der Waals surface area (Å²) in [5, 5.41) is 38.1. The Morgan fingerprint density at radius 2 is 1.95 bits per heavy atom. The molecule has 0 aliphatic carbocycles. The number of phenols is 1. The number of aliphatic hydroxyl groups is 3. The molecule has 1 aromatic rings. The van der Waals surface area contributed by atoms with Gasteiger partial charge < -0.3 is 29.9 Å². The summed E-state index contributed by atoms with van der Waals surface area (Å²) in [4.78, 5) is 0. The Balaban J connectivity index is 2.11. The van der Waals surface area contributed by atoms with Gasteiger partial charge >= 0.3 is 0 Å². The van der Waals surface area contributed by atoms with Gasteiger partial charge in [-0.3, -0.25) is 0 Å². The fourth-order valence-electron chi connectivity index (χ4n) is 2.00. The Hall–Kier alpha value is -1.34. The minimum Gasteiger partial charge on any atom is -0.508 e. The lowest BCUT2D eigenvalue weighted by Crippen LogP contribution is -2.56. The van der Waals surface area contributed by atoms with Crippen molar-refractivity contribution in [3.8, 4) is 11.5 Å². The van der Waals surface area contributed by atoms with Gasteiger partial charge in [-0.05, 0) is 31.2 Å². The third-order valence-corrected chi connectivity index (χ3v) is 3.14. The molecule has 1 fully saturated rings. The van der Waals surface area contributed by atoms with Gasteiger partial charge in [0.25, 0.3) is 0 Å². The van der Waals surface area contributed by atoms with Gasteiger partial charge in [-0.2, -0.15) is 0 Å². The summed E-state index contributed by atoms with van der Waals surface area (Å²) in [5.41, 5.74) is -0.958. The van der Waals surface area contributed by atoms with Crippen LogP contribution in [0, 0.1) is 0 Å². The van der Waals surface area contributed by atoms with Crippen molar-refractivity contribution in [2.24, 2.45) is 0 Å². The normalized spacial score (nSPS) is 35.1. The van der Waals surface area contributed by atoms with E-state index in [1.165, 1.54) is 24.3 Å². The average Bonchev–Trinajstić information content (AvgIpc) is 2.38. The van der Waals surface area contributed by atoms with Gasteiger partial charge in [-0.1, -0.05) is 0 Å². The molecule has 0 saturated carbocycles. The van der Waals surface area contributed by atoms with E-state index in [0.717, 1.165) is 0 Å². The molecule has 1 aliphatic rings. The zero-order valence-electron chi connectivity index (χ0n) is 10.6. The summed E-state index contributed by atoms with van der Waals surface area (Å²) in [6.07, 6.45) is -3.19. The number of rotatable bonds is 3. The van der Waals surface area contributed by atoms with Crippen LogP contribution in [0.15, 0.2) is 24.3 Å². The fourth-order valence-corrected chi connectivity index (χ4v) is 2.00. The minimum atomic E-state index is -1.20. The third kappa shape index (κ3) is 3.16. The van der Waals surface area contributed by atoms with Gasteiger partial charge in [0.1, 0.15) is 17.6 Å². The number of benzene rings is 1. The van der Waals surface area contributed by atoms with Crippen LogP contribution in [0.25, 0.3) is 0 Å². The monoisotopic (exact) mass is 270 g/mol. The first-order valence-corrected chi connectivity index (χ1v) is 6.04. The predicted molar refractivity (Wildman–Crippen MR) is 65.7 cm³/mol. The molecule has 0 aromatic heterocycles. The van der Waals surface area contributed by atoms with Crippen molar-refractivity contribution in [1.82, 2.24) is 0 Å². The summed E-state index contributed by atoms with van der Waals surface area (Å²) in [6, 6.07) is 5.91. The molecule has 1 aliphatic heterocycles. The maximum Gasteiger partial charge on any atom is 0.229 e. The first kappa shape index (κ1) is 14.1. The minimum absolute atomic E-state index is 0.0951. The lowest BCUT2D eigenvalue weighted by atomic mass is 9.92. The van der Waals surface area contributed by atoms with Crippen molar-refractivity contribution < 1.29 is 29.9 Å². The van der Waals surface area contributed by atoms with Crippen LogP contribution in [0.1, 0.15) is 13.3 Å². The standard InChI is InChI=1S/C13H18O6/c1-13(7-14)6-10(16)11(17)12(19-13)18-9-4-2-8(15)3-5-9/h2-5,10-12,14-17H,6-7H2,1H3/t10?,11?,12-,13?/m1/s1. The number of phenolic OH excluding ortho intramolecular Hbond substituents is 1. The third-order valence-electron chi connectivity index (χ3n) is 3.14. The van der Waals surface area contributed by atoms with Crippen molar-refractivity contribution in [3.05, 3.63) is 24.3 Å². The first-order valence-electron chi connectivity index (χ1n) is 6.04. The first-order chi connectivity index (χ1) is 8.93. The summed E-state index contributed by atoms with van der Waals surface area (Å²) < 4.78 is 10.9. The SMILES string of the molecule is CC1(CO)CC(O)C(O)[C@H](Oc2ccc(O)cc2)O1. The molecule has 0 amide bonds. The maximum atomic E-state index is 9.85. The van der Waals surface area contributed by atoms with Crippen LogP contribution in [0.4, 0.5) is 0 Å². The number of hydrogen-bond acceptors (Lipinski definition) is 6. The Kier molecular flexibility index (Phi) is 3.96. The zero-order valence-corrected chi connectivity index (χ0v) is 10.6.